The van der Waals surface area contributed by atoms with Crippen LogP contribution in [0, 0.1) is 0 Å². The third-order valence-corrected chi connectivity index (χ3v) is 4.54. The van der Waals surface area contributed by atoms with Gasteiger partial charge in [0.15, 0.2) is 0 Å². The average molecular weight is 327 g/mol. The van der Waals surface area contributed by atoms with Crippen LogP contribution in [0.5, 0.6) is 5.75 Å². The molecule has 0 spiro atoms. The van der Waals surface area contributed by atoms with E-state index in [9.17, 15) is 9.59 Å². The highest BCUT2D eigenvalue weighted by atomic mass is 32.2. The fraction of sp³-hybridized carbons (Fsp3) is 0.222. The first-order valence-electron chi connectivity index (χ1n) is 7.51. The van der Waals surface area contributed by atoms with Crippen molar-refractivity contribution in [2.75, 3.05) is 17.2 Å². The Morgan fingerprint density at radius 3 is 2.48 bits per heavy atom. The van der Waals surface area contributed by atoms with Crippen LogP contribution in [0.4, 0.5) is 5.69 Å². The van der Waals surface area contributed by atoms with Crippen LogP contribution in [0.2, 0.25) is 0 Å². The summed E-state index contributed by atoms with van der Waals surface area (Å²) >= 11 is 1.44. The standard InChI is InChI=1S/C18H17NO3S/c20-17-7-4-12-19(17)14-8-10-15(11-9-14)22-18(21)13-23-16-5-2-1-3-6-16/h1-3,5-6,8-11H,4,7,12-13H2. The third kappa shape index (κ3) is 4.13. The van der Waals surface area contributed by atoms with Gasteiger partial charge in [0.2, 0.25) is 5.91 Å². The van der Waals surface area contributed by atoms with E-state index in [2.05, 4.69) is 0 Å². The summed E-state index contributed by atoms with van der Waals surface area (Å²) in [6.45, 7) is 0.756. The molecule has 1 fully saturated rings. The Kier molecular flexibility index (Phi) is 4.98. The highest BCUT2D eigenvalue weighted by Gasteiger charge is 2.21. The number of esters is 1. The second-order valence-corrected chi connectivity index (χ2v) is 6.27. The first-order chi connectivity index (χ1) is 11.2. The van der Waals surface area contributed by atoms with E-state index in [4.69, 9.17) is 4.74 Å². The van der Waals surface area contributed by atoms with E-state index >= 15 is 0 Å². The molecular formula is C18H17NO3S. The van der Waals surface area contributed by atoms with Gasteiger partial charge in [-0.25, -0.2) is 0 Å². The van der Waals surface area contributed by atoms with Crippen molar-refractivity contribution in [3.63, 3.8) is 0 Å². The zero-order valence-electron chi connectivity index (χ0n) is 12.6. The number of amides is 1. The van der Waals surface area contributed by atoms with Crippen LogP contribution in [-0.2, 0) is 9.59 Å². The third-order valence-electron chi connectivity index (χ3n) is 3.55. The smallest absolute Gasteiger partial charge is 0.321 e. The molecule has 0 saturated carbocycles. The van der Waals surface area contributed by atoms with Crippen LogP contribution in [0.3, 0.4) is 0 Å². The number of anilines is 1. The van der Waals surface area contributed by atoms with Gasteiger partial charge >= 0.3 is 5.97 Å². The van der Waals surface area contributed by atoms with Gasteiger partial charge < -0.3 is 9.64 Å². The quantitative estimate of drug-likeness (QED) is 0.479. The molecule has 1 aliphatic heterocycles. The molecule has 23 heavy (non-hydrogen) atoms. The summed E-state index contributed by atoms with van der Waals surface area (Å²) in [4.78, 5) is 26.4. The Morgan fingerprint density at radius 2 is 1.83 bits per heavy atom. The van der Waals surface area contributed by atoms with Gasteiger partial charge in [0, 0.05) is 23.5 Å². The molecule has 0 N–H and O–H groups in total. The zero-order chi connectivity index (χ0) is 16.1. The molecule has 2 aromatic carbocycles. The molecule has 0 bridgehead atoms. The molecule has 1 aliphatic rings. The monoisotopic (exact) mass is 327 g/mol. The minimum Gasteiger partial charge on any atom is -0.426 e. The second kappa shape index (κ2) is 7.33. The fourth-order valence-electron chi connectivity index (χ4n) is 2.44. The number of thioether (sulfide) groups is 1. The molecule has 0 radical (unpaired) electrons. The van der Waals surface area contributed by atoms with Crippen LogP contribution >= 0.6 is 11.8 Å². The van der Waals surface area contributed by atoms with E-state index in [-0.39, 0.29) is 17.6 Å². The van der Waals surface area contributed by atoms with E-state index in [1.54, 1.807) is 17.0 Å². The predicted octanol–water partition coefficient (Wildman–Crippen LogP) is 3.51. The lowest BCUT2D eigenvalue weighted by molar-refractivity contribution is -0.131. The lowest BCUT2D eigenvalue weighted by Gasteiger charge is -2.15. The first-order valence-corrected chi connectivity index (χ1v) is 8.50. The van der Waals surface area contributed by atoms with Gasteiger partial charge in [0.05, 0.1) is 5.75 Å². The molecule has 4 nitrogen and oxygen atoms in total. The number of rotatable bonds is 5. The van der Waals surface area contributed by atoms with Crippen LogP contribution < -0.4 is 9.64 Å². The number of nitrogens with zero attached hydrogens (tertiary/aromatic N) is 1. The van der Waals surface area contributed by atoms with Crippen molar-refractivity contribution in [1.82, 2.24) is 0 Å². The molecule has 3 rings (SSSR count). The summed E-state index contributed by atoms with van der Waals surface area (Å²) in [5, 5.41) is 0. The number of hydrogen-bond donors (Lipinski definition) is 0. The maximum absolute atomic E-state index is 11.9. The van der Waals surface area contributed by atoms with Gasteiger partial charge in [-0.3, -0.25) is 9.59 Å². The van der Waals surface area contributed by atoms with Crippen molar-refractivity contribution < 1.29 is 14.3 Å². The Bertz CT molecular complexity index is 685. The second-order valence-electron chi connectivity index (χ2n) is 5.22. The molecule has 0 atom stereocenters. The summed E-state index contributed by atoms with van der Waals surface area (Å²) in [6, 6.07) is 16.8. The van der Waals surface area contributed by atoms with Crippen LogP contribution in [0.25, 0.3) is 0 Å². The fourth-order valence-corrected chi connectivity index (χ4v) is 3.13. The van der Waals surface area contributed by atoms with E-state index < -0.39 is 0 Å². The molecule has 0 aromatic heterocycles. The normalized spacial score (nSPS) is 14.1. The summed E-state index contributed by atoms with van der Waals surface area (Å²) in [5.41, 5.74) is 0.853. The summed E-state index contributed by atoms with van der Waals surface area (Å²) in [5.74, 6) is 0.619. The SMILES string of the molecule is O=C(CSc1ccccc1)Oc1ccc(N2CCCC2=O)cc1. The lowest BCUT2D eigenvalue weighted by atomic mass is 10.3. The summed E-state index contributed by atoms with van der Waals surface area (Å²) in [7, 11) is 0. The number of benzene rings is 2. The summed E-state index contributed by atoms with van der Waals surface area (Å²) < 4.78 is 5.32. The van der Waals surface area contributed by atoms with Gasteiger partial charge in [-0.05, 0) is 42.8 Å². The van der Waals surface area contributed by atoms with Gasteiger partial charge in [0.1, 0.15) is 5.75 Å². The molecule has 1 heterocycles. The van der Waals surface area contributed by atoms with Crippen LogP contribution in [0.1, 0.15) is 12.8 Å². The molecule has 1 saturated heterocycles. The van der Waals surface area contributed by atoms with Gasteiger partial charge in [-0.15, -0.1) is 11.8 Å². The van der Waals surface area contributed by atoms with Crippen LogP contribution in [-0.4, -0.2) is 24.2 Å². The predicted molar refractivity (Wildman–Crippen MR) is 90.8 cm³/mol. The van der Waals surface area contributed by atoms with E-state index in [1.807, 2.05) is 42.5 Å². The minimum absolute atomic E-state index is 0.147. The highest BCUT2D eigenvalue weighted by molar-refractivity contribution is 8.00. The highest BCUT2D eigenvalue weighted by Crippen LogP contribution is 2.24. The zero-order valence-corrected chi connectivity index (χ0v) is 13.4. The summed E-state index contributed by atoms with van der Waals surface area (Å²) in [6.07, 6.45) is 1.50. The Balaban J connectivity index is 1.53. The van der Waals surface area contributed by atoms with Gasteiger partial charge in [-0.2, -0.15) is 0 Å². The Morgan fingerprint density at radius 1 is 1.09 bits per heavy atom. The van der Waals surface area contributed by atoms with Crippen molar-refractivity contribution in [3.05, 3.63) is 54.6 Å². The van der Waals surface area contributed by atoms with Crippen molar-refractivity contribution >= 4 is 29.3 Å². The number of ether oxygens (including phenoxy) is 1. The Hall–Kier alpha value is -2.27. The van der Waals surface area contributed by atoms with E-state index in [0.29, 0.717) is 12.2 Å². The van der Waals surface area contributed by atoms with Crippen molar-refractivity contribution in [3.8, 4) is 5.75 Å². The average Bonchev–Trinajstić information content (AvgIpc) is 3.01. The molecule has 0 unspecified atom stereocenters. The topological polar surface area (TPSA) is 46.6 Å². The lowest BCUT2D eigenvalue weighted by Crippen LogP contribution is -2.23. The molecular weight excluding hydrogens is 310 g/mol. The van der Waals surface area contributed by atoms with Crippen molar-refractivity contribution in [2.24, 2.45) is 0 Å². The largest absolute Gasteiger partial charge is 0.426 e. The molecule has 0 aliphatic carbocycles. The molecule has 1 amide bonds. The molecule has 118 valence electrons. The maximum Gasteiger partial charge on any atom is 0.321 e. The van der Waals surface area contributed by atoms with Gasteiger partial charge in [-0.1, -0.05) is 18.2 Å². The molecule has 5 heteroatoms. The van der Waals surface area contributed by atoms with E-state index in [1.165, 1.54) is 11.8 Å². The Labute approximate surface area is 139 Å². The number of hydrogen-bond acceptors (Lipinski definition) is 4. The number of carbonyl (C=O) groups is 2. The van der Waals surface area contributed by atoms with Crippen LogP contribution in [0.15, 0.2) is 59.5 Å². The molecule has 2 aromatic rings. The maximum atomic E-state index is 11.9. The number of carbonyl (C=O) groups excluding carboxylic acids is 2. The first kappa shape index (κ1) is 15.6. The van der Waals surface area contributed by atoms with Crippen molar-refractivity contribution in [1.29, 1.82) is 0 Å². The van der Waals surface area contributed by atoms with Crippen molar-refractivity contribution in [2.45, 2.75) is 17.7 Å². The minimum atomic E-state index is -0.288. The van der Waals surface area contributed by atoms with E-state index in [0.717, 1.165) is 23.5 Å². The van der Waals surface area contributed by atoms with Gasteiger partial charge in [0.25, 0.3) is 0 Å².